The molecule has 0 radical (unpaired) electrons. The molecule has 0 unspecified atom stereocenters. The van der Waals surface area contributed by atoms with Crippen molar-refractivity contribution < 1.29 is 33.4 Å². The molecule has 1 aromatic carbocycles. The monoisotopic (exact) mass is 302 g/mol. The highest BCUT2D eigenvalue weighted by Crippen LogP contribution is 2.12. The van der Waals surface area contributed by atoms with Crippen molar-refractivity contribution in [1.82, 2.24) is 5.32 Å². The molecule has 0 heterocycles. The highest BCUT2D eigenvalue weighted by molar-refractivity contribution is 5.92. The third-order valence-electron chi connectivity index (χ3n) is 2.37. The van der Waals surface area contributed by atoms with Crippen molar-refractivity contribution in [3.63, 3.8) is 0 Å². The number of carbonyl (C=O) groups excluding carboxylic acids is 1. The van der Waals surface area contributed by atoms with E-state index in [4.69, 9.17) is 10.2 Å². The van der Waals surface area contributed by atoms with Crippen LogP contribution in [0.25, 0.3) is 0 Å². The van der Waals surface area contributed by atoms with E-state index in [1.807, 2.05) is 5.32 Å². The Balaban J connectivity index is 2.65. The number of anilines is 1. The summed E-state index contributed by atoms with van der Waals surface area (Å²) < 4.78 is 25.8. The van der Waals surface area contributed by atoms with Crippen LogP contribution in [0.3, 0.4) is 0 Å². The molecule has 0 saturated heterocycles. The number of hydrogen-bond acceptors (Lipinski definition) is 3. The predicted molar refractivity (Wildman–Crippen MR) is 66.8 cm³/mol. The van der Waals surface area contributed by atoms with Crippen molar-refractivity contribution in [1.29, 1.82) is 0 Å². The van der Waals surface area contributed by atoms with E-state index in [2.05, 4.69) is 5.32 Å². The Morgan fingerprint density at radius 1 is 1.10 bits per heavy atom. The first-order chi connectivity index (χ1) is 9.77. The minimum absolute atomic E-state index is 0.202. The molecule has 9 heteroatoms. The van der Waals surface area contributed by atoms with Crippen LogP contribution in [-0.4, -0.2) is 34.2 Å². The topological polar surface area (TPSA) is 116 Å². The minimum atomic E-state index is -1.43. The van der Waals surface area contributed by atoms with E-state index in [0.717, 1.165) is 12.1 Å². The number of carbonyl (C=O) groups is 3. The van der Waals surface area contributed by atoms with E-state index in [9.17, 15) is 23.2 Å². The zero-order valence-corrected chi connectivity index (χ0v) is 10.6. The van der Waals surface area contributed by atoms with Crippen LogP contribution >= 0.6 is 0 Å². The maximum absolute atomic E-state index is 12.9. The standard InChI is InChI=1S/C12H12F2N2O5/c13-6-3-7(14)5-8(4-6)15-12(21)16-9(11(19)20)1-2-10(17)18/h3-5,9H,1-2H2,(H,17,18)(H,19,20)(H2,15,16,21)/t9-/m0/s1. The number of benzene rings is 1. The molecule has 1 rings (SSSR count). The molecular weight excluding hydrogens is 290 g/mol. The van der Waals surface area contributed by atoms with E-state index in [1.54, 1.807) is 0 Å². The van der Waals surface area contributed by atoms with Crippen molar-refractivity contribution in [2.24, 2.45) is 0 Å². The maximum atomic E-state index is 12.9. The van der Waals surface area contributed by atoms with Gasteiger partial charge in [0.15, 0.2) is 0 Å². The van der Waals surface area contributed by atoms with Crippen molar-refractivity contribution in [2.45, 2.75) is 18.9 Å². The van der Waals surface area contributed by atoms with Gasteiger partial charge in [-0.3, -0.25) is 4.79 Å². The molecular formula is C12H12F2N2O5. The highest BCUT2D eigenvalue weighted by Gasteiger charge is 2.21. The second kappa shape index (κ2) is 7.17. The summed E-state index contributed by atoms with van der Waals surface area (Å²) in [5, 5.41) is 21.4. The molecule has 1 aromatic rings. The van der Waals surface area contributed by atoms with Gasteiger partial charge in [-0.2, -0.15) is 0 Å². The lowest BCUT2D eigenvalue weighted by Gasteiger charge is -2.14. The van der Waals surface area contributed by atoms with Crippen molar-refractivity contribution in [2.75, 3.05) is 5.32 Å². The fraction of sp³-hybridized carbons (Fsp3) is 0.250. The van der Waals surface area contributed by atoms with E-state index in [1.165, 1.54) is 0 Å². The Kier molecular flexibility index (Phi) is 5.58. The van der Waals surface area contributed by atoms with Gasteiger partial charge in [0.2, 0.25) is 0 Å². The fourth-order valence-corrected chi connectivity index (χ4v) is 1.48. The average molecular weight is 302 g/mol. The number of urea groups is 1. The quantitative estimate of drug-likeness (QED) is 0.634. The molecule has 2 amide bonds. The first-order valence-corrected chi connectivity index (χ1v) is 5.76. The van der Waals surface area contributed by atoms with Crippen LogP contribution in [0, 0.1) is 11.6 Å². The zero-order chi connectivity index (χ0) is 16.0. The minimum Gasteiger partial charge on any atom is -0.481 e. The third kappa shape index (κ3) is 5.85. The van der Waals surface area contributed by atoms with Gasteiger partial charge < -0.3 is 20.8 Å². The maximum Gasteiger partial charge on any atom is 0.326 e. The van der Waals surface area contributed by atoms with Gasteiger partial charge in [0, 0.05) is 18.2 Å². The number of carboxylic acid groups (broad SMARTS) is 2. The second-order valence-corrected chi connectivity index (χ2v) is 4.08. The van der Waals surface area contributed by atoms with E-state index in [0.29, 0.717) is 6.07 Å². The largest absolute Gasteiger partial charge is 0.481 e. The van der Waals surface area contributed by atoms with Crippen LogP contribution in [0.5, 0.6) is 0 Å². The lowest BCUT2D eigenvalue weighted by molar-refractivity contribution is -0.140. The number of amides is 2. The summed E-state index contributed by atoms with van der Waals surface area (Å²) in [4.78, 5) is 32.7. The Labute approximate surface area is 117 Å². The van der Waals surface area contributed by atoms with Crippen LogP contribution in [0.2, 0.25) is 0 Å². The van der Waals surface area contributed by atoms with Gasteiger partial charge >= 0.3 is 18.0 Å². The van der Waals surface area contributed by atoms with Crippen LogP contribution in [-0.2, 0) is 9.59 Å². The summed E-state index contributed by atoms with van der Waals surface area (Å²) in [6.45, 7) is 0. The Morgan fingerprint density at radius 3 is 2.14 bits per heavy atom. The fourth-order valence-electron chi connectivity index (χ4n) is 1.48. The number of nitrogens with one attached hydrogen (secondary N) is 2. The molecule has 0 fully saturated rings. The number of carboxylic acids is 2. The molecule has 0 aliphatic carbocycles. The van der Waals surface area contributed by atoms with Crippen LogP contribution in [0.1, 0.15) is 12.8 Å². The van der Waals surface area contributed by atoms with Gasteiger partial charge in [-0.25, -0.2) is 18.4 Å². The first-order valence-electron chi connectivity index (χ1n) is 5.76. The summed E-state index contributed by atoms with van der Waals surface area (Å²) in [7, 11) is 0. The summed E-state index contributed by atoms with van der Waals surface area (Å²) in [6.07, 6.45) is -0.776. The normalized spacial score (nSPS) is 11.5. The molecule has 0 aromatic heterocycles. The van der Waals surface area contributed by atoms with E-state index in [-0.39, 0.29) is 12.1 Å². The van der Waals surface area contributed by atoms with Crippen molar-refractivity contribution >= 4 is 23.7 Å². The van der Waals surface area contributed by atoms with Gasteiger partial charge in [-0.1, -0.05) is 0 Å². The Hall–Kier alpha value is -2.71. The third-order valence-corrected chi connectivity index (χ3v) is 2.37. The summed E-state index contributed by atoms with van der Waals surface area (Å²) in [6, 6.07) is -0.154. The van der Waals surface area contributed by atoms with Gasteiger partial charge in [-0.15, -0.1) is 0 Å². The molecule has 21 heavy (non-hydrogen) atoms. The predicted octanol–water partition coefficient (Wildman–Crippen LogP) is 1.40. The number of rotatable bonds is 6. The van der Waals surface area contributed by atoms with Gasteiger partial charge in [0.25, 0.3) is 0 Å². The zero-order valence-electron chi connectivity index (χ0n) is 10.6. The summed E-state index contributed by atoms with van der Waals surface area (Å²) in [5.74, 6) is -4.45. The lowest BCUT2D eigenvalue weighted by atomic mass is 10.1. The van der Waals surface area contributed by atoms with Crippen LogP contribution in [0.15, 0.2) is 18.2 Å². The lowest BCUT2D eigenvalue weighted by Crippen LogP contribution is -2.43. The van der Waals surface area contributed by atoms with Gasteiger partial charge in [-0.05, 0) is 18.6 Å². The van der Waals surface area contributed by atoms with Gasteiger partial charge in [0.1, 0.15) is 17.7 Å². The molecule has 0 aliphatic rings. The number of aliphatic carboxylic acids is 2. The number of halogens is 2. The summed E-state index contributed by atoms with van der Waals surface area (Å²) in [5.41, 5.74) is -0.202. The van der Waals surface area contributed by atoms with Crippen molar-refractivity contribution in [3.05, 3.63) is 29.8 Å². The SMILES string of the molecule is O=C(O)CC[C@H](NC(=O)Nc1cc(F)cc(F)c1)C(=O)O. The first kappa shape index (κ1) is 16.3. The smallest absolute Gasteiger partial charge is 0.326 e. The van der Waals surface area contributed by atoms with E-state index < -0.39 is 42.1 Å². The molecule has 0 bridgehead atoms. The molecule has 0 spiro atoms. The second-order valence-electron chi connectivity index (χ2n) is 4.08. The molecule has 7 nitrogen and oxygen atoms in total. The average Bonchev–Trinajstić information content (AvgIpc) is 2.32. The molecule has 0 aliphatic heterocycles. The molecule has 114 valence electrons. The summed E-state index contributed by atoms with van der Waals surface area (Å²) >= 11 is 0. The Morgan fingerprint density at radius 2 is 1.67 bits per heavy atom. The van der Waals surface area contributed by atoms with Crippen molar-refractivity contribution in [3.8, 4) is 0 Å². The molecule has 4 N–H and O–H groups in total. The van der Waals surface area contributed by atoms with Gasteiger partial charge in [0.05, 0.1) is 0 Å². The van der Waals surface area contributed by atoms with Crippen LogP contribution in [0.4, 0.5) is 19.3 Å². The Bertz CT molecular complexity index is 544. The molecule has 0 saturated carbocycles. The number of hydrogen-bond donors (Lipinski definition) is 4. The van der Waals surface area contributed by atoms with E-state index >= 15 is 0 Å². The highest BCUT2D eigenvalue weighted by atomic mass is 19.1. The molecule has 1 atom stereocenters. The van der Waals surface area contributed by atoms with Crippen LogP contribution < -0.4 is 10.6 Å².